The number of nitrogens with one attached hydrogen (secondary N) is 3. The first-order valence-corrected chi connectivity index (χ1v) is 7.88. The van der Waals surface area contributed by atoms with Crippen molar-refractivity contribution in [3.8, 4) is 0 Å². The van der Waals surface area contributed by atoms with Crippen LogP contribution >= 0.6 is 11.8 Å². The number of carbonyl (C=O) groups is 1. The Morgan fingerprint density at radius 1 is 1.37 bits per heavy atom. The molecule has 0 aliphatic carbocycles. The molecule has 0 saturated carbocycles. The second-order valence-electron chi connectivity index (χ2n) is 4.70. The van der Waals surface area contributed by atoms with E-state index in [2.05, 4.69) is 34.3 Å². The average Bonchev–Trinajstić information content (AvgIpc) is 2.96. The van der Waals surface area contributed by atoms with Gasteiger partial charge in [0.25, 0.3) is 0 Å². The Morgan fingerprint density at radius 3 is 2.79 bits per heavy atom. The van der Waals surface area contributed by atoms with Crippen molar-refractivity contribution in [1.29, 1.82) is 0 Å². The minimum absolute atomic E-state index is 0.0948. The normalized spacial score (nSPS) is 18.3. The van der Waals surface area contributed by atoms with Gasteiger partial charge in [-0.1, -0.05) is 12.1 Å². The van der Waals surface area contributed by atoms with E-state index in [9.17, 15) is 4.79 Å². The molecule has 1 aliphatic rings. The lowest BCUT2D eigenvalue weighted by atomic mass is 10.2. The molecule has 1 atom stereocenters. The molecule has 2 amide bonds. The molecule has 3 N–H and O–H groups in total. The van der Waals surface area contributed by atoms with Gasteiger partial charge in [0, 0.05) is 24.0 Å². The third-order valence-corrected chi connectivity index (χ3v) is 4.03. The van der Waals surface area contributed by atoms with Crippen LogP contribution in [0, 0.1) is 0 Å². The highest BCUT2D eigenvalue weighted by Crippen LogP contribution is 2.14. The van der Waals surface area contributed by atoms with Gasteiger partial charge in [0.15, 0.2) is 0 Å². The average molecular weight is 279 g/mol. The van der Waals surface area contributed by atoms with Crippen molar-refractivity contribution in [3.63, 3.8) is 0 Å². The summed E-state index contributed by atoms with van der Waals surface area (Å²) in [6, 6.07) is 8.58. The van der Waals surface area contributed by atoms with Gasteiger partial charge < -0.3 is 16.0 Å². The summed E-state index contributed by atoms with van der Waals surface area (Å²) >= 11 is 1.72. The van der Waals surface area contributed by atoms with Crippen LogP contribution in [-0.4, -0.2) is 31.4 Å². The first-order chi connectivity index (χ1) is 9.28. The summed E-state index contributed by atoms with van der Waals surface area (Å²) in [5, 5.41) is 9.13. The summed E-state index contributed by atoms with van der Waals surface area (Å²) in [4.78, 5) is 12.9. The number of rotatable bonds is 5. The summed E-state index contributed by atoms with van der Waals surface area (Å²) in [7, 11) is 0. The number of carbonyl (C=O) groups excluding carboxylic acids is 1. The maximum atomic E-state index is 11.6. The Morgan fingerprint density at radius 2 is 2.16 bits per heavy atom. The zero-order chi connectivity index (χ0) is 13.5. The zero-order valence-corrected chi connectivity index (χ0v) is 12.1. The molecule has 19 heavy (non-hydrogen) atoms. The highest BCUT2D eigenvalue weighted by Gasteiger charge is 2.14. The molecule has 2 rings (SSSR count). The molecule has 5 heteroatoms. The molecule has 0 spiro atoms. The molecule has 104 valence electrons. The first-order valence-electron chi connectivity index (χ1n) is 6.66. The lowest BCUT2D eigenvalue weighted by molar-refractivity contribution is 0.239. The quantitative estimate of drug-likeness (QED) is 0.722. The number of hydrogen-bond donors (Lipinski definition) is 3. The lowest BCUT2D eigenvalue weighted by Crippen LogP contribution is -2.42. The van der Waals surface area contributed by atoms with Crippen LogP contribution in [0.2, 0.25) is 0 Å². The largest absolute Gasteiger partial charge is 0.337 e. The molecular weight excluding hydrogens is 258 g/mol. The minimum atomic E-state index is -0.0948. The summed E-state index contributed by atoms with van der Waals surface area (Å²) in [5.41, 5.74) is 1.12. The Balaban J connectivity index is 1.67. The smallest absolute Gasteiger partial charge is 0.315 e. The van der Waals surface area contributed by atoms with Gasteiger partial charge in [0.05, 0.1) is 0 Å². The second kappa shape index (κ2) is 7.40. The maximum absolute atomic E-state index is 11.6. The molecule has 1 aromatic carbocycles. The van der Waals surface area contributed by atoms with Gasteiger partial charge in [-0.15, -0.1) is 11.8 Å². The molecule has 4 nitrogen and oxygen atoms in total. The molecule has 1 aromatic rings. The fourth-order valence-corrected chi connectivity index (χ4v) is 2.54. The van der Waals surface area contributed by atoms with Crippen molar-refractivity contribution >= 4 is 17.8 Å². The summed E-state index contributed by atoms with van der Waals surface area (Å²) in [6.45, 7) is 2.34. The van der Waals surface area contributed by atoms with Crippen LogP contribution in [0.15, 0.2) is 29.2 Å². The van der Waals surface area contributed by atoms with Crippen molar-refractivity contribution in [2.24, 2.45) is 0 Å². The van der Waals surface area contributed by atoms with E-state index in [0.29, 0.717) is 19.1 Å². The molecular formula is C14H21N3OS. The first kappa shape index (κ1) is 14.2. The van der Waals surface area contributed by atoms with Crippen LogP contribution in [-0.2, 0) is 6.54 Å². The SMILES string of the molecule is CSc1ccc(CNC(=O)NC[C@@H]2CCCN2)cc1. The third-order valence-electron chi connectivity index (χ3n) is 3.28. The Labute approximate surface area is 118 Å². The van der Waals surface area contributed by atoms with Gasteiger partial charge in [-0.25, -0.2) is 4.79 Å². The van der Waals surface area contributed by atoms with E-state index < -0.39 is 0 Å². The van der Waals surface area contributed by atoms with Gasteiger partial charge in [0.2, 0.25) is 0 Å². The van der Waals surface area contributed by atoms with Crippen molar-refractivity contribution in [3.05, 3.63) is 29.8 Å². The van der Waals surface area contributed by atoms with Gasteiger partial charge in [-0.2, -0.15) is 0 Å². The molecule has 1 saturated heterocycles. The number of hydrogen-bond acceptors (Lipinski definition) is 3. The van der Waals surface area contributed by atoms with Crippen LogP contribution in [0.25, 0.3) is 0 Å². The van der Waals surface area contributed by atoms with E-state index in [1.54, 1.807) is 11.8 Å². The fraction of sp³-hybridized carbons (Fsp3) is 0.500. The van der Waals surface area contributed by atoms with Crippen LogP contribution in [0.4, 0.5) is 4.79 Å². The van der Waals surface area contributed by atoms with Crippen molar-refractivity contribution in [1.82, 2.24) is 16.0 Å². The Hall–Kier alpha value is -1.20. The van der Waals surface area contributed by atoms with Gasteiger partial charge in [0.1, 0.15) is 0 Å². The highest BCUT2D eigenvalue weighted by atomic mass is 32.2. The van der Waals surface area contributed by atoms with E-state index in [-0.39, 0.29) is 6.03 Å². The maximum Gasteiger partial charge on any atom is 0.315 e. The number of benzene rings is 1. The van der Waals surface area contributed by atoms with Gasteiger partial charge in [-0.05, 0) is 43.3 Å². The monoisotopic (exact) mass is 279 g/mol. The Bertz CT molecular complexity index is 402. The molecule has 0 bridgehead atoms. The van der Waals surface area contributed by atoms with E-state index >= 15 is 0 Å². The second-order valence-corrected chi connectivity index (χ2v) is 5.58. The van der Waals surface area contributed by atoms with Crippen LogP contribution in [0.1, 0.15) is 18.4 Å². The third kappa shape index (κ3) is 4.76. The van der Waals surface area contributed by atoms with Crippen LogP contribution < -0.4 is 16.0 Å². The molecule has 0 radical (unpaired) electrons. The zero-order valence-electron chi connectivity index (χ0n) is 11.2. The lowest BCUT2D eigenvalue weighted by Gasteiger charge is -2.12. The topological polar surface area (TPSA) is 53.2 Å². The van der Waals surface area contributed by atoms with Crippen molar-refractivity contribution < 1.29 is 4.79 Å². The highest BCUT2D eigenvalue weighted by molar-refractivity contribution is 7.98. The fourth-order valence-electron chi connectivity index (χ4n) is 2.14. The predicted molar refractivity (Wildman–Crippen MR) is 79.5 cm³/mol. The van der Waals surface area contributed by atoms with Crippen molar-refractivity contribution in [2.75, 3.05) is 19.3 Å². The standard InChI is InChI=1S/C14H21N3OS/c1-19-13-6-4-11(5-7-13)9-16-14(18)17-10-12-3-2-8-15-12/h4-7,12,15H,2-3,8-10H2,1H3,(H2,16,17,18)/t12-/m0/s1. The van der Waals surface area contributed by atoms with E-state index in [4.69, 9.17) is 0 Å². The molecule has 0 aromatic heterocycles. The van der Waals surface area contributed by atoms with Gasteiger partial charge in [-0.3, -0.25) is 0 Å². The van der Waals surface area contributed by atoms with Crippen LogP contribution in [0.5, 0.6) is 0 Å². The molecule has 0 unspecified atom stereocenters. The number of thioether (sulfide) groups is 1. The van der Waals surface area contributed by atoms with E-state index in [0.717, 1.165) is 18.5 Å². The molecule has 1 aliphatic heterocycles. The van der Waals surface area contributed by atoms with Gasteiger partial charge >= 0.3 is 6.03 Å². The summed E-state index contributed by atoms with van der Waals surface area (Å²) in [6.07, 6.45) is 4.41. The van der Waals surface area contributed by atoms with E-state index in [1.165, 1.54) is 11.3 Å². The number of amides is 2. The Kier molecular flexibility index (Phi) is 5.54. The predicted octanol–water partition coefficient (Wildman–Crippen LogP) is 1.96. The van der Waals surface area contributed by atoms with Crippen molar-refractivity contribution in [2.45, 2.75) is 30.3 Å². The molecule has 1 heterocycles. The minimum Gasteiger partial charge on any atom is -0.337 e. The van der Waals surface area contributed by atoms with E-state index in [1.807, 2.05) is 12.1 Å². The summed E-state index contributed by atoms with van der Waals surface area (Å²) < 4.78 is 0. The molecule has 1 fully saturated rings. The van der Waals surface area contributed by atoms with Crippen LogP contribution in [0.3, 0.4) is 0 Å². The summed E-state index contributed by atoms with van der Waals surface area (Å²) in [5.74, 6) is 0. The number of urea groups is 1.